The molecule has 0 radical (unpaired) electrons. The number of carbonyl (C=O) groups excluding carboxylic acids is 2. The zero-order valence-electron chi connectivity index (χ0n) is 14.3. The van der Waals surface area contributed by atoms with Crippen LogP contribution in [0.25, 0.3) is 0 Å². The van der Waals surface area contributed by atoms with Crippen LogP contribution in [0.15, 0.2) is 36.4 Å². The summed E-state index contributed by atoms with van der Waals surface area (Å²) >= 11 is 5.73. The van der Waals surface area contributed by atoms with E-state index in [4.69, 9.17) is 11.6 Å². The van der Waals surface area contributed by atoms with Gasteiger partial charge in [0.1, 0.15) is 5.69 Å². The summed E-state index contributed by atoms with van der Waals surface area (Å²) in [6.07, 6.45) is 0. The number of anilines is 1. The first kappa shape index (κ1) is 20.3. The van der Waals surface area contributed by atoms with Gasteiger partial charge in [0.25, 0.3) is 11.8 Å². The third-order valence-electron chi connectivity index (χ3n) is 3.76. The molecule has 0 spiro atoms. The van der Waals surface area contributed by atoms with Crippen molar-refractivity contribution in [1.82, 2.24) is 15.5 Å². The largest absolute Gasteiger partial charge is 0.347 e. The third kappa shape index (κ3) is 4.72. The molecule has 0 atom stereocenters. The molecule has 0 aliphatic carbocycles. The molecular formula is C18H11ClF4N4O2. The van der Waals surface area contributed by atoms with Crippen molar-refractivity contribution in [2.24, 2.45) is 0 Å². The lowest BCUT2D eigenvalue weighted by Crippen LogP contribution is -2.23. The Labute approximate surface area is 165 Å². The van der Waals surface area contributed by atoms with Gasteiger partial charge in [-0.05, 0) is 29.8 Å². The number of amides is 2. The van der Waals surface area contributed by atoms with Crippen LogP contribution in [-0.2, 0) is 6.54 Å². The summed E-state index contributed by atoms with van der Waals surface area (Å²) in [6, 6.07) is 5.67. The van der Waals surface area contributed by atoms with Crippen molar-refractivity contribution in [1.29, 1.82) is 0 Å². The zero-order valence-corrected chi connectivity index (χ0v) is 15.1. The maximum absolute atomic E-state index is 13.3. The van der Waals surface area contributed by atoms with Crippen LogP contribution in [0.4, 0.5) is 23.4 Å². The second kappa shape index (κ2) is 8.31. The second-order valence-electron chi connectivity index (χ2n) is 5.80. The van der Waals surface area contributed by atoms with E-state index in [-0.39, 0.29) is 28.6 Å². The van der Waals surface area contributed by atoms with Crippen molar-refractivity contribution in [3.8, 4) is 0 Å². The lowest BCUT2D eigenvalue weighted by molar-refractivity contribution is 0.0945. The number of hydrogen-bond donors (Lipinski definition) is 3. The summed E-state index contributed by atoms with van der Waals surface area (Å²) in [5.74, 6) is -6.07. The molecule has 150 valence electrons. The van der Waals surface area contributed by atoms with E-state index in [1.54, 1.807) is 0 Å². The summed E-state index contributed by atoms with van der Waals surface area (Å²) in [5, 5.41) is 10.5. The van der Waals surface area contributed by atoms with Gasteiger partial charge in [-0.15, -0.1) is 0 Å². The van der Waals surface area contributed by atoms with Crippen LogP contribution in [0, 0.1) is 23.3 Å². The van der Waals surface area contributed by atoms with Crippen LogP contribution in [0.2, 0.25) is 5.02 Å². The zero-order chi connectivity index (χ0) is 21.1. The summed E-state index contributed by atoms with van der Waals surface area (Å²) < 4.78 is 52.5. The molecule has 0 fully saturated rings. The van der Waals surface area contributed by atoms with E-state index in [2.05, 4.69) is 20.8 Å². The van der Waals surface area contributed by atoms with E-state index < -0.39 is 35.1 Å². The van der Waals surface area contributed by atoms with Crippen molar-refractivity contribution in [3.05, 3.63) is 81.5 Å². The normalized spacial score (nSPS) is 10.7. The summed E-state index contributed by atoms with van der Waals surface area (Å²) in [5.41, 5.74) is -0.0320. The number of nitrogens with one attached hydrogen (secondary N) is 3. The third-order valence-corrected chi connectivity index (χ3v) is 4.07. The van der Waals surface area contributed by atoms with Gasteiger partial charge in [0, 0.05) is 12.6 Å². The van der Waals surface area contributed by atoms with E-state index in [0.717, 1.165) is 12.1 Å². The van der Waals surface area contributed by atoms with Gasteiger partial charge in [0.2, 0.25) is 0 Å². The standard InChI is InChI=1S/C18H11ClF4N4O2/c19-10-5-14(23)13(22)4-9(10)17(28)25-16-6-15(26-27-16)18(29)24-7-8-1-2-11(20)12(21)3-8/h1-6H,7H2,(H,24,29)(H2,25,26,27,28). The summed E-state index contributed by atoms with van der Waals surface area (Å²) in [4.78, 5) is 24.2. The van der Waals surface area contributed by atoms with Crippen molar-refractivity contribution in [2.75, 3.05) is 5.32 Å². The molecule has 3 N–H and O–H groups in total. The molecule has 11 heteroatoms. The maximum atomic E-state index is 13.3. The average Bonchev–Trinajstić information content (AvgIpc) is 3.13. The highest BCUT2D eigenvalue weighted by atomic mass is 35.5. The first-order chi connectivity index (χ1) is 13.7. The molecule has 0 saturated carbocycles. The fourth-order valence-electron chi connectivity index (χ4n) is 2.31. The molecular weight excluding hydrogens is 416 g/mol. The van der Waals surface area contributed by atoms with Gasteiger partial charge in [-0.3, -0.25) is 14.7 Å². The van der Waals surface area contributed by atoms with Gasteiger partial charge in [0.15, 0.2) is 29.1 Å². The van der Waals surface area contributed by atoms with Crippen molar-refractivity contribution in [2.45, 2.75) is 6.54 Å². The van der Waals surface area contributed by atoms with E-state index >= 15 is 0 Å². The number of halogens is 5. The monoisotopic (exact) mass is 426 g/mol. The number of aromatic nitrogens is 2. The molecule has 0 aliphatic heterocycles. The molecule has 1 aromatic heterocycles. The van der Waals surface area contributed by atoms with Crippen LogP contribution in [-0.4, -0.2) is 22.0 Å². The maximum Gasteiger partial charge on any atom is 0.269 e. The van der Waals surface area contributed by atoms with Crippen molar-refractivity contribution < 1.29 is 27.2 Å². The fourth-order valence-corrected chi connectivity index (χ4v) is 2.55. The quantitative estimate of drug-likeness (QED) is 0.428. The molecule has 6 nitrogen and oxygen atoms in total. The predicted octanol–water partition coefficient (Wildman–Crippen LogP) is 3.80. The number of rotatable bonds is 5. The smallest absolute Gasteiger partial charge is 0.269 e. The van der Waals surface area contributed by atoms with E-state index in [9.17, 15) is 27.2 Å². The summed E-state index contributed by atoms with van der Waals surface area (Å²) in [6.45, 7) is -0.0821. The number of H-pyrrole nitrogens is 1. The van der Waals surface area contributed by atoms with Gasteiger partial charge in [-0.1, -0.05) is 17.7 Å². The molecule has 3 rings (SSSR count). The number of benzene rings is 2. The Kier molecular flexibility index (Phi) is 5.83. The number of aromatic amines is 1. The Bertz CT molecular complexity index is 1100. The van der Waals surface area contributed by atoms with Crippen LogP contribution in [0.3, 0.4) is 0 Å². The van der Waals surface area contributed by atoms with Gasteiger partial charge < -0.3 is 10.6 Å². The minimum absolute atomic E-state index is 0.0423. The second-order valence-corrected chi connectivity index (χ2v) is 6.21. The molecule has 1 heterocycles. The molecule has 0 saturated heterocycles. The number of hydrogen-bond acceptors (Lipinski definition) is 3. The SMILES string of the molecule is O=C(NCc1ccc(F)c(F)c1)c1cc(NC(=O)c2cc(F)c(F)cc2Cl)n[nH]1. The van der Waals surface area contributed by atoms with Crippen LogP contribution in [0.1, 0.15) is 26.4 Å². The van der Waals surface area contributed by atoms with Crippen LogP contribution >= 0.6 is 11.6 Å². The Morgan fingerprint density at radius 3 is 2.34 bits per heavy atom. The molecule has 0 unspecified atom stereocenters. The lowest BCUT2D eigenvalue weighted by atomic mass is 10.2. The molecule has 2 amide bonds. The van der Waals surface area contributed by atoms with Gasteiger partial charge in [-0.2, -0.15) is 5.10 Å². The molecule has 29 heavy (non-hydrogen) atoms. The van der Waals surface area contributed by atoms with Gasteiger partial charge in [0.05, 0.1) is 10.6 Å². The highest BCUT2D eigenvalue weighted by Gasteiger charge is 2.17. The topological polar surface area (TPSA) is 86.9 Å². The van der Waals surface area contributed by atoms with Crippen molar-refractivity contribution in [3.63, 3.8) is 0 Å². The lowest BCUT2D eigenvalue weighted by Gasteiger charge is -2.05. The van der Waals surface area contributed by atoms with Crippen LogP contribution < -0.4 is 10.6 Å². The van der Waals surface area contributed by atoms with E-state index in [0.29, 0.717) is 17.7 Å². The molecule has 2 aromatic carbocycles. The predicted molar refractivity (Wildman–Crippen MR) is 95.4 cm³/mol. The highest BCUT2D eigenvalue weighted by Crippen LogP contribution is 2.21. The minimum Gasteiger partial charge on any atom is -0.347 e. The van der Waals surface area contributed by atoms with Gasteiger partial charge in [-0.25, -0.2) is 17.6 Å². The Morgan fingerprint density at radius 2 is 1.62 bits per heavy atom. The Morgan fingerprint density at radius 1 is 0.931 bits per heavy atom. The van der Waals surface area contributed by atoms with Crippen LogP contribution in [0.5, 0.6) is 0 Å². The first-order valence-electron chi connectivity index (χ1n) is 7.98. The first-order valence-corrected chi connectivity index (χ1v) is 8.36. The molecule has 3 aromatic rings. The Balaban J connectivity index is 1.64. The van der Waals surface area contributed by atoms with Gasteiger partial charge >= 0.3 is 0 Å². The summed E-state index contributed by atoms with van der Waals surface area (Å²) in [7, 11) is 0. The molecule has 0 aliphatic rings. The van der Waals surface area contributed by atoms with E-state index in [1.807, 2.05) is 0 Å². The Hall–Kier alpha value is -3.40. The minimum atomic E-state index is -1.25. The molecule has 0 bridgehead atoms. The number of nitrogens with zero attached hydrogens (tertiary/aromatic N) is 1. The van der Waals surface area contributed by atoms with E-state index in [1.165, 1.54) is 12.1 Å². The average molecular weight is 427 g/mol. The number of carbonyl (C=O) groups is 2. The fraction of sp³-hybridized carbons (Fsp3) is 0.0556. The highest BCUT2D eigenvalue weighted by molar-refractivity contribution is 6.34. The van der Waals surface area contributed by atoms with Crippen molar-refractivity contribution >= 4 is 29.2 Å².